The lowest BCUT2D eigenvalue weighted by atomic mass is 10.1. The van der Waals surface area contributed by atoms with Gasteiger partial charge in [0.15, 0.2) is 0 Å². The van der Waals surface area contributed by atoms with Crippen molar-refractivity contribution in [3.63, 3.8) is 0 Å². The Bertz CT molecular complexity index is 572. The van der Waals surface area contributed by atoms with Crippen LogP contribution in [0.5, 0.6) is 5.75 Å². The van der Waals surface area contributed by atoms with E-state index in [1.165, 1.54) is 25.3 Å². The molecule has 1 aromatic rings. The van der Waals surface area contributed by atoms with Crippen LogP contribution in [0.25, 0.3) is 0 Å². The largest absolute Gasteiger partial charge is 0.496 e. The summed E-state index contributed by atoms with van der Waals surface area (Å²) in [5.41, 5.74) is 0.477. The van der Waals surface area contributed by atoms with Crippen molar-refractivity contribution in [3.8, 4) is 5.75 Å². The summed E-state index contributed by atoms with van der Waals surface area (Å²) in [5, 5.41) is 14.4. The number of hydrogen-bond donors (Lipinski definition) is 3. The number of benzene rings is 1. The molecule has 0 saturated heterocycles. The van der Waals surface area contributed by atoms with E-state index in [0.717, 1.165) is 6.42 Å². The van der Waals surface area contributed by atoms with E-state index in [4.69, 9.17) is 9.84 Å². The zero-order valence-electron chi connectivity index (χ0n) is 13.3. The molecule has 3 N–H and O–H groups in total. The monoisotopic (exact) mass is 322 g/mol. The number of amides is 2. The van der Waals surface area contributed by atoms with E-state index >= 15 is 0 Å². The highest BCUT2D eigenvalue weighted by molar-refractivity contribution is 5.94. The number of anilines is 1. The molecule has 2 amide bonds. The average Bonchev–Trinajstić information content (AvgIpc) is 2.52. The van der Waals surface area contributed by atoms with E-state index in [-0.39, 0.29) is 29.5 Å². The molecule has 0 bridgehead atoms. The van der Waals surface area contributed by atoms with Gasteiger partial charge in [0.2, 0.25) is 11.8 Å². The van der Waals surface area contributed by atoms with Gasteiger partial charge in [-0.15, -0.1) is 0 Å². The molecule has 7 heteroatoms. The van der Waals surface area contributed by atoms with Crippen LogP contribution >= 0.6 is 0 Å². The zero-order valence-corrected chi connectivity index (χ0v) is 13.3. The summed E-state index contributed by atoms with van der Waals surface area (Å²) in [6.07, 6.45) is 1.84. The first-order valence-electron chi connectivity index (χ1n) is 7.45. The van der Waals surface area contributed by atoms with Crippen molar-refractivity contribution in [1.29, 1.82) is 0 Å². The number of ether oxygens (including phenoxy) is 1. The summed E-state index contributed by atoms with van der Waals surface area (Å²) in [6.45, 7) is 2.61. The first-order valence-corrected chi connectivity index (χ1v) is 7.45. The van der Waals surface area contributed by atoms with E-state index in [1.54, 1.807) is 0 Å². The Morgan fingerprint density at radius 1 is 1.17 bits per heavy atom. The van der Waals surface area contributed by atoms with Crippen LogP contribution in [-0.4, -0.2) is 36.5 Å². The second-order valence-electron chi connectivity index (χ2n) is 4.97. The summed E-state index contributed by atoms with van der Waals surface area (Å²) in [7, 11) is 1.36. The van der Waals surface area contributed by atoms with E-state index in [2.05, 4.69) is 10.6 Å². The van der Waals surface area contributed by atoms with E-state index < -0.39 is 5.97 Å². The maximum absolute atomic E-state index is 11.8. The Hall–Kier alpha value is -2.57. The van der Waals surface area contributed by atoms with Crippen molar-refractivity contribution >= 4 is 23.5 Å². The van der Waals surface area contributed by atoms with Gasteiger partial charge in [-0.2, -0.15) is 0 Å². The lowest BCUT2D eigenvalue weighted by Gasteiger charge is -2.09. The molecule has 0 fully saturated rings. The van der Waals surface area contributed by atoms with Gasteiger partial charge in [-0.25, -0.2) is 4.79 Å². The molecular weight excluding hydrogens is 300 g/mol. The summed E-state index contributed by atoms with van der Waals surface area (Å²) in [6, 6.07) is 4.32. The molecule has 0 aliphatic carbocycles. The van der Waals surface area contributed by atoms with E-state index in [0.29, 0.717) is 25.1 Å². The van der Waals surface area contributed by atoms with Crippen molar-refractivity contribution in [2.45, 2.75) is 32.6 Å². The minimum absolute atomic E-state index is 0.0260. The van der Waals surface area contributed by atoms with Crippen LogP contribution in [0.1, 0.15) is 43.0 Å². The molecule has 0 aliphatic rings. The van der Waals surface area contributed by atoms with Gasteiger partial charge in [0.25, 0.3) is 0 Å². The van der Waals surface area contributed by atoms with E-state index in [1.807, 2.05) is 6.92 Å². The smallest absolute Gasteiger partial charge is 0.339 e. The maximum atomic E-state index is 11.8. The minimum atomic E-state index is -1.10. The number of hydrogen-bond acceptors (Lipinski definition) is 4. The molecule has 0 atom stereocenters. The van der Waals surface area contributed by atoms with Crippen molar-refractivity contribution in [1.82, 2.24) is 5.32 Å². The first-order chi connectivity index (χ1) is 11.0. The SMILES string of the molecule is CCCNC(=O)CCCC(=O)Nc1ccc(C(=O)O)c(OC)c1. The first kappa shape index (κ1) is 18.5. The number of rotatable bonds is 9. The van der Waals surface area contributed by atoms with Crippen LogP contribution < -0.4 is 15.4 Å². The summed E-state index contributed by atoms with van der Waals surface area (Å²) >= 11 is 0. The number of methoxy groups -OCH3 is 1. The van der Waals surface area contributed by atoms with Crippen molar-refractivity contribution in [2.75, 3.05) is 19.0 Å². The number of carboxylic acids is 1. The fraction of sp³-hybridized carbons (Fsp3) is 0.438. The molecule has 0 aliphatic heterocycles. The summed E-state index contributed by atoms with van der Waals surface area (Å²) < 4.78 is 4.99. The third-order valence-electron chi connectivity index (χ3n) is 3.10. The fourth-order valence-electron chi connectivity index (χ4n) is 1.93. The second-order valence-corrected chi connectivity index (χ2v) is 4.97. The molecule has 0 unspecified atom stereocenters. The Balaban J connectivity index is 2.48. The standard InChI is InChI=1S/C16H22N2O5/c1-3-9-17-14(19)5-4-6-15(20)18-11-7-8-12(16(21)22)13(10-11)23-2/h7-8,10H,3-6,9H2,1-2H3,(H,17,19)(H,18,20)(H,21,22). The lowest BCUT2D eigenvalue weighted by molar-refractivity contribution is -0.121. The molecule has 23 heavy (non-hydrogen) atoms. The topological polar surface area (TPSA) is 105 Å². The molecule has 0 heterocycles. The molecule has 7 nitrogen and oxygen atoms in total. The van der Waals surface area contributed by atoms with Gasteiger partial charge in [0.05, 0.1) is 7.11 Å². The van der Waals surface area contributed by atoms with Crippen molar-refractivity contribution in [3.05, 3.63) is 23.8 Å². The Morgan fingerprint density at radius 3 is 2.48 bits per heavy atom. The maximum Gasteiger partial charge on any atom is 0.339 e. The third-order valence-corrected chi connectivity index (χ3v) is 3.10. The normalized spacial score (nSPS) is 10.0. The van der Waals surface area contributed by atoms with Crippen molar-refractivity contribution in [2.24, 2.45) is 0 Å². The van der Waals surface area contributed by atoms with Crippen LogP contribution in [-0.2, 0) is 9.59 Å². The molecule has 1 aromatic carbocycles. The predicted molar refractivity (Wildman–Crippen MR) is 85.7 cm³/mol. The fourth-order valence-corrected chi connectivity index (χ4v) is 1.93. The Kier molecular flexibility index (Phi) is 7.59. The molecule has 0 radical (unpaired) electrons. The highest BCUT2D eigenvalue weighted by Crippen LogP contribution is 2.23. The Labute approximate surface area is 135 Å². The summed E-state index contributed by atoms with van der Waals surface area (Å²) in [4.78, 5) is 34.2. The van der Waals surface area contributed by atoms with Crippen LogP contribution in [0.3, 0.4) is 0 Å². The van der Waals surface area contributed by atoms with E-state index in [9.17, 15) is 14.4 Å². The van der Waals surface area contributed by atoms with Gasteiger partial charge in [-0.1, -0.05) is 6.92 Å². The van der Waals surface area contributed by atoms with Gasteiger partial charge in [-0.05, 0) is 25.0 Å². The van der Waals surface area contributed by atoms with Crippen LogP contribution in [0.15, 0.2) is 18.2 Å². The predicted octanol–water partition coefficient (Wildman–Crippen LogP) is 2.03. The highest BCUT2D eigenvalue weighted by atomic mass is 16.5. The minimum Gasteiger partial charge on any atom is -0.496 e. The van der Waals surface area contributed by atoms with Gasteiger partial charge >= 0.3 is 5.97 Å². The number of nitrogens with one attached hydrogen (secondary N) is 2. The van der Waals surface area contributed by atoms with Crippen LogP contribution in [0.4, 0.5) is 5.69 Å². The second kappa shape index (κ2) is 9.45. The third kappa shape index (κ3) is 6.37. The number of carbonyl (C=O) groups excluding carboxylic acids is 2. The highest BCUT2D eigenvalue weighted by Gasteiger charge is 2.12. The molecule has 126 valence electrons. The molecule has 0 spiro atoms. The van der Waals surface area contributed by atoms with Crippen molar-refractivity contribution < 1.29 is 24.2 Å². The quantitative estimate of drug-likeness (QED) is 0.645. The van der Waals surface area contributed by atoms with Gasteiger partial charge in [0, 0.05) is 31.1 Å². The van der Waals surface area contributed by atoms with Crippen LogP contribution in [0.2, 0.25) is 0 Å². The molecular formula is C16H22N2O5. The zero-order chi connectivity index (χ0) is 17.2. The van der Waals surface area contributed by atoms with Gasteiger partial charge in [-0.3, -0.25) is 9.59 Å². The number of carbonyl (C=O) groups is 3. The lowest BCUT2D eigenvalue weighted by Crippen LogP contribution is -2.24. The number of carboxylic acid groups (broad SMARTS) is 1. The average molecular weight is 322 g/mol. The Morgan fingerprint density at radius 2 is 1.87 bits per heavy atom. The molecule has 1 rings (SSSR count). The number of aromatic carboxylic acids is 1. The van der Waals surface area contributed by atoms with Crippen LogP contribution in [0, 0.1) is 0 Å². The van der Waals surface area contributed by atoms with Gasteiger partial charge in [0.1, 0.15) is 11.3 Å². The molecule has 0 aromatic heterocycles. The van der Waals surface area contributed by atoms with Gasteiger partial charge < -0.3 is 20.5 Å². The molecule has 0 saturated carbocycles. The summed E-state index contributed by atoms with van der Waals surface area (Å²) in [5.74, 6) is -1.22.